The maximum absolute atomic E-state index is 12.5. The number of hydrogen-bond acceptors (Lipinski definition) is 20. The van der Waals surface area contributed by atoms with Crippen LogP contribution in [0.1, 0.15) is 155 Å². The average molecular weight is 1520 g/mol. The SMILES string of the molecule is CCC(C)c1ccc(OS(=O)(=O)c2ccc3oc(=O)ccc3c2)cc1.CCC(CC(C)c1ccc(OC(=O)COc2ccc3oc(=O)ccc3c2)cc1)c1ccc(OC(=O)/C=C/c2cc(C)ccc2CO)cc1.CCC(CC(C)c1ccc(OC(=O)COc2ccc3oc(=O)ccc3c2)cc1)c1ccc(OC(C)=O)cc1. The highest BCUT2D eigenvalue weighted by molar-refractivity contribution is 7.87. The molecule has 0 fully saturated rings. The second-order valence-corrected chi connectivity index (χ2v) is 28.3. The fourth-order valence-electron chi connectivity index (χ4n) is 12.4. The number of benzene rings is 9. The van der Waals surface area contributed by atoms with Crippen LogP contribution in [0.5, 0.6) is 40.2 Å². The van der Waals surface area contributed by atoms with Gasteiger partial charge < -0.3 is 51.0 Å². The lowest BCUT2D eigenvalue weighted by atomic mass is 9.84. The molecule has 1 N–H and O–H groups in total. The molecule has 0 aliphatic carbocycles. The van der Waals surface area contributed by atoms with Crippen molar-refractivity contribution in [2.24, 2.45) is 0 Å². The van der Waals surface area contributed by atoms with Gasteiger partial charge >= 0.3 is 50.9 Å². The Labute approximate surface area is 642 Å². The summed E-state index contributed by atoms with van der Waals surface area (Å²) in [6, 6.07) is 65.8. The molecule has 0 radical (unpaired) electrons. The van der Waals surface area contributed by atoms with Gasteiger partial charge in [0.05, 0.1) is 6.61 Å². The third-order valence-electron chi connectivity index (χ3n) is 18.7. The van der Waals surface area contributed by atoms with Gasteiger partial charge in [-0.25, -0.2) is 28.8 Å². The Morgan fingerprint density at radius 3 is 1.23 bits per heavy atom. The van der Waals surface area contributed by atoms with E-state index < -0.39 is 44.9 Å². The Bertz CT molecular complexity index is 5530. The van der Waals surface area contributed by atoms with Gasteiger partial charge in [-0.15, -0.1) is 0 Å². The third-order valence-corrected chi connectivity index (χ3v) is 20.0. The molecular weight excluding hydrogens is 1430 g/mol. The molecule has 3 heterocycles. The van der Waals surface area contributed by atoms with Gasteiger partial charge in [0.1, 0.15) is 61.9 Å². The van der Waals surface area contributed by atoms with Crippen molar-refractivity contribution in [3.63, 3.8) is 0 Å². The van der Waals surface area contributed by atoms with Crippen molar-refractivity contribution in [2.45, 2.75) is 129 Å². The largest absolute Gasteiger partial charge is 0.482 e. The van der Waals surface area contributed by atoms with Crippen LogP contribution in [0.25, 0.3) is 39.0 Å². The molecule has 0 spiro atoms. The highest BCUT2D eigenvalue weighted by Gasteiger charge is 2.22. The number of rotatable bonds is 28. The summed E-state index contributed by atoms with van der Waals surface area (Å²) in [5, 5.41) is 11.5. The van der Waals surface area contributed by atoms with Crippen molar-refractivity contribution in [3.8, 4) is 40.2 Å². The first-order chi connectivity index (χ1) is 53.4. The maximum atomic E-state index is 12.5. The average Bonchev–Trinajstić information content (AvgIpc) is 0.799. The van der Waals surface area contributed by atoms with E-state index in [1.807, 2.05) is 110 Å². The zero-order valence-electron chi connectivity index (χ0n) is 62.7. The van der Waals surface area contributed by atoms with Gasteiger partial charge in [0.2, 0.25) is 0 Å². The molecule has 5 unspecified atom stereocenters. The standard InChI is InChI=1S/C40H38O8.C31H30O7.C19H18O5S/c1-4-28(30-9-15-34(16-10-30)46-38(42)19-11-31-21-26(2)5-6-33(31)24-41)22-27(3)29-7-13-35(14-8-29)47-40(44)25-45-36-17-18-37-32(23-36)12-20-39(43)48-37;1-4-22(24-7-12-26(13-8-24)36-21(3)32)17-20(2)23-5-10-27(11-6-23)37-31(34)19-35-28-14-15-29-25(18-28)9-16-30(33)38-29;1-3-13(2)14-4-7-16(8-5-14)24-25(21,22)17-9-10-18-15(12-17)6-11-19(20)23-18/h5-21,23,27-28,41H,4,22,24-25H2,1-3H3;5-16,18,20,22H,4,17,19H2,1-3H3;4-13H,3H2,1-2H3/b19-11+;;. The van der Waals surface area contributed by atoms with Crippen molar-refractivity contribution in [2.75, 3.05) is 13.2 Å². The second kappa shape index (κ2) is 38.6. The summed E-state index contributed by atoms with van der Waals surface area (Å²) in [5.74, 6) is 2.80. The van der Waals surface area contributed by atoms with E-state index in [2.05, 4.69) is 41.5 Å². The van der Waals surface area contributed by atoms with Gasteiger partial charge in [-0.2, -0.15) is 8.42 Å². The van der Waals surface area contributed by atoms with Gasteiger partial charge in [-0.3, -0.25) is 4.79 Å². The second-order valence-electron chi connectivity index (χ2n) is 26.8. The van der Waals surface area contributed by atoms with Crippen LogP contribution in [0.4, 0.5) is 0 Å². The van der Waals surface area contributed by atoms with Gasteiger partial charge in [0.25, 0.3) is 0 Å². The molecule has 0 bridgehead atoms. The molecular formula is C90H86O20S. The van der Waals surface area contributed by atoms with Crippen LogP contribution in [0.15, 0.2) is 269 Å². The van der Waals surface area contributed by atoms with E-state index in [1.165, 1.54) is 61.0 Å². The van der Waals surface area contributed by atoms with Gasteiger partial charge in [-0.1, -0.05) is 126 Å². The first-order valence-electron chi connectivity index (χ1n) is 36.4. The lowest BCUT2D eigenvalue weighted by Crippen LogP contribution is -2.17. The molecule has 0 saturated heterocycles. The number of aliphatic hydroxyl groups is 1. The van der Waals surface area contributed by atoms with Crippen molar-refractivity contribution in [3.05, 3.63) is 312 Å². The van der Waals surface area contributed by atoms with E-state index in [9.17, 15) is 47.1 Å². The molecule has 9 aromatic carbocycles. The maximum Gasteiger partial charge on any atom is 0.349 e. The van der Waals surface area contributed by atoms with E-state index in [0.717, 1.165) is 71.0 Å². The van der Waals surface area contributed by atoms with Crippen LogP contribution in [-0.2, 0) is 35.9 Å². The van der Waals surface area contributed by atoms with E-state index in [1.54, 1.807) is 91.0 Å². The minimum absolute atomic E-state index is 0.000137. The summed E-state index contributed by atoms with van der Waals surface area (Å²) in [6.45, 7) is 15.6. The summed E-state index contributed by atoms with van der Waals surface area (Å²) in [4.78, 5) is 82.2. The summed E-state index contributed by atoms with van der Waals surface area (Å²) < 4.78 is 78.0. The van der Waals surface area contributed by atoms with Crippen LogP contribution < -0.4 is 49.5 Å². The minimum Gasteiger partial charge on any atom is -0.482 e. The fraction of sp³-hybridized carbons (Fsp3) is 0.233. The number of hydrogen-bond donors (Lipinski definition) is 1. The van der Waals surface area contributed by atoms with Crippen LogP contribution in [-0.4, -0.2) is 50.6 Å². The summed E-state index contributed by atoms with van der Waals surface area (Å²) in [7, 11) is -3.97. The zero-order chi connectivity index (χ0) is 79.1. The third kappa shape index (κ3) is 23.5. The lowest BCUT2D eigenvalue weighted by Gasteiger charge is -2.21. The van der Waals surface area contributed by atoms with Crippen LogP contribution in [0.2, 0.25) is 0 Å². The molecule has 20 nitrogen and oxygen atoms in total. The molecule has 12 aromatic rings. The molecule has 572 valence electrons. The summed E-state index contributed by atoms with van der Waals surface area (Å²) >= 11 is 0. The Balaban J connectivity index is 0.000000186. The molecule has 0 amide bonds. The van der Waals surface area contributed by atoms with Gasteiger partial charge in [0.15, 0.2) is 13.2 Å². The quantitative estimate of drug-likeness (QED) is 0.0157. The smallest absolute Gasteiger partial charge is 0.349 e. The predicted octanol–water partition coefficient (Wildman–Crippen LogP) is 18.3. The topological polar surface area (TPSA) is 278 Å². The normalized spacial score (nSPS) is 12.6. The number of carbonyl (C=O) groups excluding carboxylic acids is 4. The summed E-state index contributed by atoms with van der Waals surface area (Å²) in [6.07, 6.45) is 7.82. The number of esters is 4. The van der Waals surface area contributed by atoms with Crippen molar-refractivity contribution >= 4 is 73.0 Å². The molecule has 21 heteroatoms. The molecule has 0 saturated carbocycles. The molecule has 0 aliphatic heterocycles. The monoisotopic (exact) mass is 1520 g/mol. The molecule has 5 atom stereocenters. The Kier molecular flexibility index (Phi) is 28.2. The Morgan fingerprint density at radius 1 is 0.423 bits per heavy atom. The number of aliphatic hydroxyl groups excluding tert-OH is 1. The number of aryl methyl sites for hydroxylation is 1. The van der Waals surface area contributed by atoms with Crippen LogP contribution in [0.3, 0.4) is 0 Å². The van der Waals surface area contributed by atoms with E-state index in [4.69, 9.17) is 45.9 Å². The van der Waals surface area contributed by atoms with E-state index >= 15 is 0 Å². The highest BCUT2D eigenvalue weighted by atomic mass is 32.2. The fourth-order valence-corrected chi connectivity index (χ4v) is 13.4. The van der Waals surface area contributed by atoms with Crippen molar-refractivity contribution < 1.29 is 78.6 Å². The van der Waals surface area contributed by atoms with Crippen LogP contribution in [0, 0.1) is 6.92 Å². The Hall–Kier alpha value is -12.5. The first-order valence-corrected chi connectivity index (χ1v) is 37.8. The van der Waals surface area contributed by atoms with E-state index in [0.29, 0.717) is 91.1 Å². The van der Waals surface area contributed by atoms with E-state index in [-0.39, 0.29) is 42.4 Å². The lowest BCUT2D eigenvalue weighted by molar-refractivity contribution is -0.137. The minimum atomic E-state index is -3.97. The number of fused-ring (bicyclic) bond motifs is 3. The molecule has 111 heavy (non-hydrogen) atoms. The molecule has 12 rings (SSSR count). The zero-order valence-corrected chi connectivity index (χ0v) is 63.6. The summed E-state index contributed by atoms with van der Waals surface area (Å²) in [5.41, 5.74) is 8.21. The Morgan fingerprint density at radius 2 is 0.811 bits per heavy atom. The number of ether oxygens (including phenoxy) is 6. The van der Waals surface area contributed by atoms with Crippen molar-refractivity contribution in [1.29, 1.82) is 0 Å². The first kappa shape index (κ1) is 81.1. The van der Waals surface area contributed by atoms with Gasteiger partial charge in [0, 0.05) is 47.4 Å². The predicted molar refractivity (Wildman–Crippen MR) is 424 cm³/mol. The highest BCUT2D eigenvalue weighted by Crippen LogP contribution is 2.36. The molecule has 0 aliphatic rings. The van der Waals surface area contributed by atoms with Gasteiger partial charge in [-0.05, 0) is 247 Å². The molecule has 3 aromatic heterocycles. The number of carbonyl (C=O) groups is 4. The van der Waals surface area contributed by atoms with Crippen LogP contribution >= 0.6 is 0 Å². The van der Waals surface area contributed by atoms with Crippen molar-refractivity contribution in [1.82, 2.24) is 0 Å².